The summed E-state index contributed by atoms with van der Waals surface area (Å²) in [7, 11) is 0. The lowest BCUT2D eigenvalue weighted by Crippen LogP contribution is -2.37. The van der Waals surface area contributed by atoms with Crippen LogP contribution in [0.4, 0.5) is 5.69 Å². The van der Waals surface area contributed by atoms with E-state index >= 15 is 0 Å². The highest BCUT2D eigenvalue weighted by molar-refractivity contribution is 14.1. The van der Waals surface area contributed by atoms with Crippen molar-refractivity contribution in [1.29, 1.82) is 0 Å². The molecule has 0 unspecified atom stereocenters. The van der Waals surface area contributed by atoms with Gasteiger partial charge in [0, 0.05) is 27.4 Å². The number of carbonyl (C=O) groups is 3. The molecule has 3 rings (SSSR count). The van der Waals surface area contributed by atoms with E-state index in [-0.39, 0.29) is 11.4 Å². The number of fused-ring (bicyclic) bond motifs is 1. The van der Waals surface area contributed by atoms with E-state index in [1.807, 2.05) is 0 Å². The first-order valence-corrected chi connectivity index (χ1v) is 9.31. The Balaban J connectivity index is 1.77. The molecule has 142 valence electrons. The fourth-order valence-corrected chi connectivity index (χ4v) is 3.18. The maximum Gasteiger partial charge on any atom is 0.260 e. The molecular formula is C20H16IN3O4. The number of halogens is 1. The number of phenolic OH excluding ortho intramolecular Hbond substituents is 1. The largest absolute Gasteiger partial charge is 0.506 e. The van der Waals surface area contributed by atoms with Gasteiger partial charge < -0.3 is 15.7 Å². The molecule has 1 aliphatic heterocycles. The predicted octanol–water partition coefficient (Wildman–Crippen LogP) is 2.52. The number of amides is 3. The highest BCUT2D eigenvalue weighted by Crippen LogP contribution is 2.26. The van der Waals surface area contributed by atoms with Crippen molar-refractivity contribution in [2.24, 2.45) is 0 Å². The fraction of sp³-hybridized carbons (Fsp3) is 0.0500. The van der Waals surface area contributed by atoms with Gasteiger partial charge in [0.1, 0.15) is 5.75 Å². The van der Waals surface area contributed by atoms with Gasteiger partial charge in [-0.2, -0.15) is 0 Å². The van der Waals surface area contributed by atoms with Crippen LogP contribution in [0.5, 0.6) is 5.75 Å². The summed E-state index contributed by atoms with van der Waals surface area (Å²) in [5.41, 5.74) is 2.38. The SMILES string of the molecule is C=CC(=O)Nc1ccc(CNC=C2C(=O)NC(=O)c3ccc(I)cc32)cc1O. The zero-order chi connectivity index (χ0) is 20.3. The van der Waals surface area contributed by atoms with Gasteiger partial charge in [-0.3, -0.25) is 19.7 Å². The molecule has 7 nitrogen and oxygen atoms in total. The van der Waals surface area contributed by atoms with E-state index in [2.05, 4.69) is 45.1 Å². The van der Waals surface area contributed by atoms with Gasteiger partial charge in [0.2, 0.25) is 5.91 Å². The molecule has 0 spiro atoms. The second kappa shape index (κ2) is 8.26. The van der Waals surface area contributed by atoms with E-state index in [4.69, 9.17) is 0 Å². The fourth-order valence-electron chi connectivity index (χ4n) is 2.69. The summed E-state index contributed by atoms with van der Waals surface area (Å²) in [6, 6.07) is 10.1. The molecule has 1 heterocycles. The van der Waals surface area contributed by atoms with Gasteiger partial charge in [-0.15, -0.1) is 0 Å². The van der Waals surface area contributed by atoms with Crippen LogP contribution in [0.1, 0.15) is 21.5 Å². The van der Waals surface area contributed by atoms with Crippen molar-refractivity contribution in [1.82, 2.24) is 10.6 Å². The Bertz CT molecular complexity index is 1030. The third kappa shape index (κ3) is 4.22. The van der Waals surface area contributed by atoms with Gasteiger partial charge in [0.15, 0.2) is 0 Å². The lowest BCUT2D eigenvalue weighted by Gasteiger charge is -2.18. The van der Waals surface area contributed by atoms with Gasteiger partial charge in [0.25, 0.3) is 11.8 Å². The van der Waals surface area contributed by atoms with Crippen molar-refractivity contribution in [3.63, 3.8) is 0 Å². The molecule has 0 saturated heterocycles. The number of phenols is 1. The van der Waals surface area contributed by atoms with Crippen LogP contribution in [-0.4, -0.2) is 22.8 Å². The molecule has 0 bridgehead atoms. The number of carbonyl (C=O) groups excluding carboxylic acids is 3. The molecule has 0 atom stereocenters. The van der Waals surface area contributed by atoms with Crippen LogP contribution in [-0.2, 0) is 16.1 Å². The molecule has 3 amide bonds. The van der Waals surface area contributed by atoms with Crippen LogP contribution in [0.25, 0.3) is 5.57 Å². The molecule has 4 N–H and O–H groups in total. The quantitative estimate of drug-likeness (QED) is 0.224. The summed E-state index contributed by atoms with van der Waals surface area (Å²) < 4.78 is 0.909. The molecule has 0 saturated carbocycles. The molecule has 1 aliphatic rings. The monoisotopic (exact) mass is 489 g/mol. The first kappa shape index (κ1) is 19.6. The van der Waals surface area contributed by atoms with E-state index in [0.29, 0.717) is 23.2 Å². The second-order valence-corrected chi connectivity index (χ2v) is 7.20. The first-order valence-electron chi connectivity index (χ1n) is 8.23. The van der Waals surface area contributed by atoms with Gasteiger partial charge in [0.05, 0.1) is 11.3 Å². The summed E-state index contributed by atoms with van der Waals surface area (Å²) in [4.78, 5) is 35.5. The van der Waals surface area contributed by atoms with Gasteiger partial charge in [-0.05, 0) is 64.6 Å². The van der Waals surface area contributed by atoms with Crippen LogP contribution >= 0.6 is 22.6 Å². The number of aromatic hydroxyl groups is 1. The highest BCUT2D eigenvalue weighted by Gasteiger charge is 2.27. The van der Waals surface area contributed by atoms with Crippen LogP contribution < -0.4 is 16.0 Å². The van der Waals surface area contributed by atoms with E-state index in [1.165, 1.54) is 6.07 Å². The van der Waals surface area contributed by atoms with E-state index in [9.17, 15) is 19.5 Å². The van der Waals surface area contributed by atoms with Crippen LogP contribution in [0.3, 0.4) is 0 Å². The molecule has 0 aromatic heterocycles. The maximum absolute atomic E-state index is 12.2. The average molecular weight is 489 g/mol. The van der Waals surface area contributed by atoms with Crippen molar-refractivity contribution < 1.29 is 19.5 Å². The Morgan fingerprint density at radius 1 is 1.14 bits per heavy atom. The van der Waals surface area contributed by atoms with Crippen LogP contribution in [0.2, 0.25) is 0 Å². The Morgan fingerprint density at radius 2 is 1.93 bits per heavy atom. The molecule has 2 aromatic rings. The zero-order valence-corrected chi connectivity index (χ0v) is 16.7. The van der Waals surface area contributed by atoms with Crippen LogP contribution in [0, 0.1) is 3.57 Å². The molecule has 2 aromatic carbocycles. The van der Waals surface area contributed by atoms with E-state index in [0.717, 1.165) is 15.2 Å². The summed E-state index contributed by atoms with van der Waals surface area (Å²) >= 11 is 2.12. The number of nitrogens with one attached hydrogen (secondary N) is 3. The van der Waals surface area contributed by atoms with Crippen molar-refractivity contribution in [2.75, 3.05) is 5.32 Å². The predicted molar refractivity (Wildman–Crippen MR) is 113 cm³/mol. The van der Waals surface area contributed by atoms with Gasteiger partial charge >= 0.3 is 0 Å². The van der Waals surface area contributed by atoms with Crippen molar-refractivity contribution in [3.8, 4) is 5.75 Å². The Morgan fingerprint density at radius 3 is 2.64 bits per heavy atom. The Hall–Kier alpha value is -3.14. The van der Waals surface area contributed by atoms with Crippen LogP contribution in [0.15, 0.2) is 55.3 Å². The van der Waals surface area contributed by atoms with E-state index in [1.54, 1.807) is 36.5 Å². The smallest absolute Gasteiger partial charge is 0.260 e. The van der Waals surface area contributed by atoms with Crippen molar-refractivity contribution >= 4 is 51.6 Å². The Labute approximate surface area is 174 Å². The maximum atomic E-state index is 12.2. The minimum absolute atomic E-state index is 0.0805. The third-order valence-electron chi connectivity index (χ3n) is 4.05. The molecular weight excluding hydrogens is 473 g/mol. The van der Waals surface area contributed by atoms with E-state index < -0.39 is 17.7 Å². The standard InChI is InChI=1S/C20H16IN3O4/c1-2-18(26)23-16-6-3-11(7-17(16)25)9-22-10-15-14-8-12(21)4-5-13(14)19(27)24-20(15)28/h2-8,10,22,25H,1,9H2,(H,23,26)(H,24,27,28). The lowest BCUT2D eigenvalue weighted by atomic mass is 9.95. The second-order valence-electron chi connectivity index (χ2n) is 5.96. The Kier molecular flexibility index (Phi) is 5.78. The first-order chi connectivity index (χ1) is 13.4. The summed E-state index contributed by atoms with van der Waals surface area (Å²) in [6.45, 7) is 3.68. The lowest BCUT2D eigenvalue weighted by molar-refractivity contribution is -0.115. The topological polar surface area (TPSA) is 108 Å². The summed E-state index contributed by atoms with van der Waals surface area (Å²) in [6.07, 6.45) is 2.65. The van der Waals surface area contributed by atoms with Crippen molar-refractivity contribution in [2.45, 2.75) is 6.54 Å². The number of anilines is 1. The molecule has 28 heavy (non-hydrogen) atoms. The number of imide groups is 1. The molecule has 0 radical (unpaired) electrons. The number of rotatable bonds is 5. The average Bonchev–Trinajstić information content (AvgIpc) is 2.66. The van der Waals surface area contributed by atoms with Crippen molar-refractivity contribution in [3.05, 3.63) is 75.5 Å². The number of benzene rings is 2. The van der Waals surface area contributed by atoms with Gasteiger partial charge in [-0.1, -0.05) is 12.6 Å². The molecule has 8 heteroatoms. The minimum atomic E-state index is -0.475. The molecule has 0 aliphatic carbocycles. The highest BCUT2D eigenvalue weighted by atomic mass is 127. The van der Waals surface area contributed by atoms with Gasteiger partial charge in [-0.25, -0.2) is 0 Å². The minimum Gasteiger partial charge on any atom is -0.506 e. The molecule has 0 fully saturated rings. The summed E-state index contributed by atoms with van der Waals surface area (Å²) in [5, 5.41) is 17.9. The number of hydrogen-bond acceptors (Lipinski definition) is 5. The summed E-state index contributed by atoms with van der Waals surface area (Å²) in [5.74, 6) is -1.40. The third-order valence-corrected chi connectivity index (χ3v) is 4.72. The zero-order valence-electron chi connectivity index (χ0n) is 14.6. The normalized spacial score (nSPS) is 14.2. The number of hydrogen-bond donors (Lipinski definition) is 4.